The Kier molecular flexibility index (Phi) is 5.69. The Hall–Kier alpha value is -1.47. The summed E-state index contributed by atoms with van der Waals surface area (Å²) in [5.74, 6) is -0.445. The standard InChI is InChI=1S/C14H25N5O2/c1-3-21-14(20)13-12(10-15)19(17-16-13)9-7-11-6-4-5-8-18(11)2/h11H,3-10,15H2,1-2H3. The van der Waals surface area contributed by atoms with Crippen LogP contribution in [-0.4, -0.2) is 52.1 Å². The van der Waals surface area contributed by atoms with Crippen LogP contribution in [0.1, 0.15) is 48.8 Å². The Morgan fingerprint density at radius 2 is 2.29 bits per heavy atom. The zero-order valence-electron chi connectivity index (χ0n) is 12.9. The average Bonchev–Trinajstić information content (AvgIpc) is 2.89. The van der Waals surface area contributed by atoms with Crippen molar-refractivity contribution in [3.05, 3.63) is 11.4 Å². The smallest absolute Gasteiger partial charge is 0.360 e. The fourth-order valence-electron chi connectivity index (χ4n) is 2.85. The number of carbonyl (C=O) groups excluding carboxylic acids is 1. The molecule has 1 aromatic rings. The molecule has 0 radical (unpaired) electrons. The van der Waals surface area contributed by atoms with E-state index >= 15 is 0 Å². The molecule has 2 N–H and O–H groups in total. The molecule has 0 spiro atoms. The first-order valence-electron chi connectivity index (χ1n) is 7.67. The van der Waals surface area contributed by atoms with Gasteiger partial charge in [0.2, 0.25) is 0 Å². The Bertz CT molecular complexity index is 474. The molecule has 0 amide bonds. The summed E-state index contributed by atoms with van der Waals surface area (Å²) in [5, 5.41) is 8.00. The molecule has 1 saturated heterocycles. The van der Waals surface area contributed by atoms with Crippen molar-refractivity contribution in [2.45, 2.75) is 51.7 Å². The minimum atomic E-state index is -0.445. The highest BCUT2D eigenvalue weighted by atomic mass is 16.5. The third-order valence-electron chi connectivity index (χ3n) is 4.10. The second kappa shape index (κ2) is 7.51. The highest BCUT2D eigenvalue weighted by Crippen LogP contribution is 2.19. The normalized spacial score (nSPS) is 19.7. The number of likely N-dealkylation sites (tertiary alicyclic amines) is 1. The number of rotatable bonds is 6. The van der Waals surface area contributed by atoms with Crippen LogP contribution in [0.4, 0.5) is 0 Å². The van der Waals surface area contributed by atoms with E-state index in [1.807, 2.05) is 0 Å². The molecule has 1 aliphatic rings. The van der Waals surface area contributed by atoms with Gasteiger partial charge in [0.15, 0.2) is 5.69 Å². The van der Waals surface area contributed by atoms with Crippen LogP contribution in [-0.2, 0) is 17.8 Å². The highest BCUT2D eigenvalue weighted by molar-refractivity contribution is 5.88. The van der Waals surface area contributed by atoms with Gasteiger partial charge in [0.1, 0.15) is 0 Å². The fraction of sp³-hybridized carbons (Fsp3) is 0.786. The molecule has 1 unspecified atom stereocenters. The van der Waals surface area contributed by atoms with Crippen molar-refractivity contribution in [1.29, 1.82) is 0 Å². The van der Waals surface area contributed by atoms with E-state index in [0.717, 1.165) is 19.5 Å². The van der Waals surface area contributed by atoms with E-state index in [2.05, 4.69) is 22.3 Å². The van der Waals surface area contributed by atoms with Gasteiger partial charge in [-0.1, -0.05) is 11.6 Å². The second-order valence-corrected chi connectivity index (χ2v) is 5.45. The van der Waals surface area contributed by atoms with Crippen molar-refractivity contribution in [1.82, 2.24) is 19.9 Å². The molecule has 0 aliphatic carbocycles. The lowest BCUT2D eigenvalue weighted by atomic mass is 10.0. The topological polar surface area (TPSA) is 86.3 Å². The number of esters is 1. The SMILES string of the molecule is CCOC(=O)c1nnn(CCC2CCCCN2C)c1CN. The van der Waals surface area contributed by atoms with Crippen LogP contribution in [0.5, 0.6) is 0 Å². The number of nitrogens with zero attached hydrogens (tertiary/aromatic N) is 4. The maximum Gasteiger partial charge on any atom is 0.360 e. The van der Waals surface area contributed by atoms with Crippen molar-refractivity contribution in [2.24, 2.45) is 5.73 Å². The number of hydrogen-bond donors (Lipinski definition) is 1. The molecule has 1 atom stereocenters. The minimum absolute atomic E-state index is 0.238. The molecule has 21 heavy (non-hydrogen) atoms. The molecule has 2 heterocycles. The van der Waals surface area contributed by atoms with Gasteiger partial charge in [0.25, 0.3) is 0 Å². The molecule has 1 aromatic heterocycles. The van der Waals surface area contributed by atoms with Gasteiger partial charge in [-0.25, -0.2) is 9.48 Å². The van der Waals surface area contributed by atoms with Crippen LogP contribution in [0.25, 0.3) is 0 Å². The van der Waals surface area contributed by atoms with Crippen molar-refractivity contribution in [2.75, 3.05) is 20.2 Å². The first kappa shape index (κ1) is 15.9. The van der Waals surface area contributed by atoms with Crippen molar-refractivity contribution in [3.63, 3.8) is 0 Å². The molecule has 118 valence electrons. The van der Waals surface area contributed by atoms with Crippen molar-refractivity contribution < 1.29 is 9.53 Å². The van der Waals surface area contributed by atoms with Gasteiger partial charge >= 0.3 is 5.97 Å². The summed E-state index contributed by atoms with van der Waals surface area (Å²) in [6.07, 6.45) is 4.77. The fourth-order valence-corrected chi connectivity index (χ4v) is 2.85. The summed E-state index contributed by atoms with van der Waals surface area (Å²) in [6, 6.07) is 0.569. The number of piperidine rings is 1. The Morgan fingerprint density at radius 3 is 2.95 bits per heavy atom. The van der Waals surface area contributed by atoms with E-state index in [9.17, 15) is 4.79 Å². The van der Waals surface area contributed by atoms with Crippen molar-refractivity contribution in [3.8, 4) is 0 Å². The maximum atomic E-state index is 11.8. The summed E-state index contributed by atoms with van der Waals surface area (Å²) >= 11 is 0. The molecule has 7 heteroatoms. The molecule has 0 saturated carbocycles. The number of aromatic nitrogens is 3. The zero-order chi connectivity index (χ0) is 15.2. The maximum absolute atomic E-state index is 11.8. The molecular weight excluding hydrogens is 270 g/mol. The van der Waals surface area contributed by atoms with Gasteiger partial charge in [0, 0.05) is 19.1 Å². The monoisotopic (exact) mass is 295 g/mol. The molecule has 7 nitrogen and oxygen atoms in total. The van der Waals surface area contributed by atoms with E-state index in [0.29, 0.717) is 18.3 Å². The van der Waals surface area contributed by atoms with E-state index < -0.39 is 5.97 Å². The van der Waals surface area contributed by atoms with Crippen LogP contribution < -0.4 is 5.73 Å². The average molecular weight is 295 g/mol. The predicted octanol–water partition coefficient (Wildman–Crippen LogP) is 0.788. The number of hydrogen-bond acceptors (Lipinski definition) is 6. The van der Waals surface area contributed by atoms with Gasteiger partial charge in [-0.15, -0.1) is 5.10 Å². The lowest BCUT2D eigenvalue weighted by Gasteiger charge is -2.32. The summed E-state index contributed by atoms with van der Waals surface area (Å²) in [7, 11) is 2.17. The summed E-state index contributed by atoms with van der Waals surface area (Å²) in [6.45, 7) is 4.21. The van der Waals surface area contributed by atoms with Gasteiger partial charge in [-0.3, -0.25) is 0 Å². The third-order valence-corrected chi connectivity index (χ3v) is 4.10. The molecule has 1 fully saturated rings. The van der Waals surface area contributed by atoms with E-state index in [-0.39, 0.29) is 12.2 Å². The second-order valence-electron chi connectivity index (χ2n) is 5.45. The zero-order valence-corrected chi connectivity index (χ0v) is 12.9. The number of nitrogens with two attached hydrogens (primary N) is 1. The number of aryl methyl sites for hydroxylation is 1. The number of carbonyl (C=O) groups is 1. The van der Waals surface area contributed by atoms with Gasteiger partial charge in [-0.05, 0) is 39.8 Å². The molecule has 2 rings (SSSR count). The lowest BCUT2D eigenvalue weighted by Crippen LogP contribution is -2.37. The quantitative estimate of drug-likeness (QED) is 0.781. The van der Waals surface area contributed by atoms with Gasteiger partial charge in [-0.2, -0.15) is 0 Å². The first-order valence-corrected chi connectivity index (χ1v) is 7.67. The third kappa shape index (κ3) is 3.79. The van der Waals surface area contributed by atoms with E-state index in [1.54, 1.807) is 11.6 Å². The van der Waals surface area contributed by atoms with Crippen LogP contribution in [0.15, 0.2) is 0 Å². The number of ether oxygens (including phenoxy) is 1. The minimum Gasteiger partial charge on any atom is -0.461 e. The first-order chi connectivity index (χ1) is 10.2. The Balaban J connectivity index is 2.01. The van der Waals surface area contributed by atoms with Crippen LogP contribution in [0.2, 0.25) is 0 Å². The summed E-state index contributed by atoms with van der Waals surface area (Å²) in [5.41, 5.74) is 6.65. The van der Waals surface area contributed by atoms with Gasteiger partial charge < -0.3 is 15.4 Å². The summed E-state index contributed by atoms with van der Waals surface area (Å²) in [4.78, 5) is 14.2. The van der Waals surface area contributed by atoms with Crippen molar-refractivity contribution >= 4 is 5.97 Å². The highest BCUT2D eigenvalue weighted by Gasteiger charge is 2.22. The molecule has 1 aliphatic heterocycles. The summed E-state index contributed by atoms with van der Waals surface area (Å²) < 4.78 is 6.72. The van der Waals surface area contributed by atoms with E-state index in [4.69, 9.17) is 10.5 Å². The Labute approximate surface area is 125 Å². The largest absolute Gasteiger partial charge is 0.461 e. The molecule has 0 aromatic carbocycles. The van der Waals surface area contributed by atoms with Gasteiger partial charge in [0.05, 0.1) is 12.3 Å². The molecule has 0 bridgehead atoms. The van der Waals surface area contributed by atoms with Crippen LogP contribution in [0, 0.1) is 0 Å². The van der Waals surface area contributed by atoms with E-state index in [1.165, 1.54) is 19.3 Å². The molecular formula is C14H25N5O2. The predicted molar refractivity (Wildman–Crippen MR) is 78.8 cm³/mol. The lowest BCUT2D eigenvalue weighted by molar-refractivity contribution is 0.0518. The van der Waals surface area contributed by atoms with Crippen LogP contribution in [0.3, 0.4) is 0 Å². The van der Waals surface area contributed by atoms with Crippen LogP contribution >= 0.6 is 0 Å². The Morgan fingerprint density at radius 1 is 1.48 bits per heavy atom.